The number of hydrogen-bond donors (Lipinski definition) is 1. The van der Waals surface area contributed by atoms with Crippen LogP contribution in [0.3, 0.4) is 0 Å². The highest BCUT2D eigenvalue weighted by Gasteiger charge is 2.19. The summed E-state index contributed by atoms with van der Waals surface area (Å²) in [4.78, 5) is 23.1. The number of benzene rings is 1. The van der Waals surface area contributed by atoms with E-state index in [9.17, 15) is 9.00 Å². The second kappa shape index (κ2) is 8.55. The molecule has 0 aliphatic heterocycles. The van der Waals surface area contributed by atoms with E-state index >= 15 is 0 Å². The largest absolute Gasteiger partial charge is 0.362 e. The molecule has 0 bridgehead atoms. The lowest BCUT2D eigenvalue weighted by molar-refractivity contribution is 0.102. The van der Waals surface area contributed by atoms with Crippen molar-refractivity contribution >= 4 is 28.2 Å². The molecule has 1 amide bonds. The third kappa shape index (κ3) is 4.57. The van der Waals surface area contributed by atoms with Gasteiger partial charge in [-0.3, -0.25) is 9.00 Å². The monoisotopic (exact) mass is 380 g/mol. The molecule has 1 atom stereocenters. The maximum Gasteiger partial charge on any atom is 0.258 e. The van der Waals surface area contributed by atoms with Crippen LogP contribution in [0.15, 0.2) is 72.0 Å². The minimum absolute atomic E-state index is 0.226. The third-order valence-electron chi connectivity index (χ3n) is 3.84. The number of nitrogens with zero attached hydrogens (tertiary/aromatic N) is 3. The number of amides is 1. The Balaban J connectivity index is 1.85. The zero-order chi connectivity index (χ0) is 19.2. The van der Waals surface area contributed by atoms with Crippen LogP contribution >= 0.6 is 0 Å². The topological polar surface area (TPSA) is 75.2 Å². The first-order chi connectivity index (χ1) is 13.1. The van der Waals surface area contributed by atoms with Crippen LogP contribution in [0.1, 0.15) is 15.9 Å². The predicted molar refractivity (Wildman–Crippen MR) is 107 cm³/mol. The summed E-state index contributed by atoms with van der Waals surface area (Å²) in [6.07, 6.45) is 3.24. The van der Waals surface area contributed by atoms with Gasteiger partial charge in [0.2, 0.25) is 0 Å². The van der Waals surface area contributed by atoms with E-state index < -0.39 is 10.8 Å². The van der Waals surface area contributed by atoms with E-state index in [1.54, 1.807) is 42.7 Å². The SMILES string of the molecule is CN(C)c1ncccc1CS(=O)c1ncccc1C(=O)Nc1ccccc1. The molecule has 3 aromatic rings. The number of pyridine rings is 2. The third-order valence-corrected chi connectivity index (χ3v) is 5.17. The van der Waals surface area contributed by atoms with E-state index in [1.165, 1.54) is 0 Å². The Morgan fingerprint density at radius 1 is 1.00 bits per heavy atom. The van der Waals surface area contributed by atoms with E-state index in [4.69, 9.17) is 0 Å². The summed E-state index contributed by atoms with van der Waals surface area (Å²) in [6, 6.07) is 16.1. The first-order valence-electron chi connectivity index (χ1n) is 8.37. The van der Waals surface area contributed by atoms with Crippen molar-refractivity contribution in [3.8, 4) is 0 Å². The van der Waals surface area contributed by atoms with Crippen LogP contribution in [0, 0.1) is 0 Å². The highest BCUT2D eigenvalue weighted by atomic mass is 32.2. The van der Waals surface area contributed by atoms with Gasteiger partial charge in [-0.25, -0.2) is 9.97 Å². The van der Waals surface area contributed by atoms with Crippen LogP contribution in [-0.4, -0.2) is 34.2 Å². The van der Waals surface area contributed by atoms with Gasteiger partial charge < -0.3 is 10.2 Å². The molecular weight excluding hydrogens is 360 g/mol. The summed E-state index contributed by atoms with van der Waals surface area (Å²) < 4.78 is 13.0. The number of para-hydroxylation sites is 1. The van der Waals surface area contributed by atoms with Crippen LogP contribution in [0.25, 0.3) is 0 Å². The second-order valence-corrected chi connectivity index (χ2v) is 7.41. The van der Waals surface area contributed by atoms with Gasteiger partial charge >= 0.3 is 0 Å². The Kier molecular flexibility index (Phi) is 5.93. The maximum atomic E-state index is 13.0. The molecule has 0 saturated carbocycles. The van der Waals surface area contributed by atoms with E-state index in [2.05, 4.69) is 15.3 Å². The molecule has 0 aliphatic rings. The van der Waals surface area contributed by atoms with Gasteiger partial charge in [0.15, 0.2) is 0 Å². The van der Waals surface area contributed by atoms with Crippen molar-refractivity contribution in [1.82, 2.24) is 9.97 Å². The standard InChI is InChI=1S/C20H20N4O2S/c1-24(2)18-15(8-6-12-21-18)14-27(26)20-17(11-7-13-22-20)19(25)23-16-9-4-3-5-10-16/h3-13H,14H2,1-2H3,(H,23,25). The van der Waals surface area contributed by atoms with Crippen LogP contribution in [0.4, 0.5) is 11.5 Å². The molecule has 0 spiro atoms. The molecule has 0 saturated heterocycles. The van der Waals surface area contributed by atoms with Crippen LogP contribution in [0.5, 0.6) is 0 Å². The smallest absolute Gasteiger partial charge is 0.258 e. The summed E-state index contributed by atoms with van der Waals surface area (Å²) in [5.74, 6) is 0.637. The van der Waals surface area contributed by atoms with Crippen LogP contribution in [-0.2, 0) is 16.6 Å². The molecule has 0 fully saturated rings. The maximum absolute atomic E-state index is 13.0. The highest BCUT2D eigenvalue weighted by molar-refractivity contribution is 7.84. The number of hydrogen-bond acceptors (Lipinski definition) is 5. The van der Waals surface area contributed by atoms with Crippen molar-refractivity contribution in [2.75, 3.05) is 24.3 Å². The normalized spacial score (nSPS) is 11.6. The fraction of sp³-hybridized carbons (Fsp3) is 0.150. The lowest BCUT2D eigenvalue weighted by atomic mass is 10.2. The summed E-state index contributed by atoms with van der Waals surface area (Å²) in [7, 11) is 2.28. The molecular formula is C20H20N4O2S. The number of carbonyl (C=O) groups is 1. The molecule has 0 radical (unpaired) electrons. The number of anilines is 2. The van der Waals surface area contributed by atoms with Crippen molar-refractivity contribution < 1.29 is 9.00 Å². The first-order valence-corrected chi connectivity index (χ1v) is 9.69. The Morgan fingerprint density at radius 2 is 1.70 bits per heavy atom. The van der Waals surface area contributed by atoms with Gasteiger partial charge in [-0.2, -0.15) is 0 Å². The van der Waals surface area contributed by atoms with Crippen molar-refractivity contribution in [2.45, 2.75) is 10.8 Å². The number of carbonyl (C=O) groups excluding carboxylic acids is 1. The molecule has 3 rings (SSSR count). The molecule has 7 heteroatoms. The van der Waals surface area contributed by atoms with Gasteiger partial charge in [-0.05, 0) is 30.3 Å². The Hall–Kier alpha value is -3.06. The van der Waals surface area contributed by atoms with E-state index in [0.29, 0.717) is 11.3 Å². The van der Waals surface area contributed by atoms with Gasteiger partial charge in [0.25, 0.3) is 5.91 Å². The van der Waals surface area contributed by atoms with Gasteiger partial charge in [-0.1, -0.05) is 24.3 Å². The van der Waals surface area contributed by atoms with Crippen molar-refractivity contribution in [3.63, 3.8) is 0 Å². The molecule has 2 aromatic heterocycles. The summed E-state index contributed by atoms with van der Waals surface area (Å²) in [5, 5.41) is 3.08. The highest BCUT2D eigenvalue weighted by Crippen LogP contribution is 2.21. The fourth-order valence-electron chi connectivity index (χ4n) is 2.62. The zero-order valence-corrected chi connectivity index (χ0v) is 15.9. The van der Waals surface area contributed by atoms with E-state index in [1.807, 2.05) is 43.3 Å². The van der Waals surface area contributed by atoms with Gasteiger partial charge in [0, 0.05) is 37.7 Å². The van der Waals surface area contributed by atoms with Crippen molar-refractivity contribution in [1.29, 1.82) is 0 Å². The number of aromatic nitrogens is 2. The van der Waals surface area contributed by atoms with Gasteiger partial charge in [0.1, 0.15) is 10.8 Å². The molecule has 0 aliphatic carbocycles. The van der Waals surface area contributed by atoms with Crippen molar-refractivity contribution in [2.24, 2.45) is 0 Å². The number of rotatable bonds is 6. The van der Waals surface area contributed by atoms with Crippen molar-refractivity contribution in [3.05, 3.63) is 78.1 Å². The minimum Gasteiger partial charge on any atom is -0.362 e. The van der Waals surface area contributed by atoms with Gasteiger partial charge in [-0.15, -0.1) is 0 Å². The Labute approximate surface area is 160 Å². The molecule has 1 N–H and O–H groups in total. The average Bonchev–Trinajstić information content (AvgIpc) is 2.69. The summed E-state index contributed by atoms with van der Waals surface area (Å²) in [5.41, 5.74) is 1.81. The van der Waals surface area contributed by atoms with E-state index in [0.717, 1.165) is 11.4 Å². The average molecular weight is 380 g/mol. The molecule has 1 aromatic carbocycles. The quantitative estimate of drug-likeness (QED) is 0.711. The summed E-state index contributed by atoms with van der Waals surface area (Å²) >= 11 is 0. The summed E-state index contributed by atoms with van der Waals surface area (Å²) in [6.45, 7) is 0. The molecule has 138 valence electrons. The second-order valence-electron chi connectivity index (χ2n) is 6.05. The molecule has 6 nitrogen and oxygen atoms in total. The molecule has 27 heavy (non-hydrogen) atoms. The van der Waals surface area contributed by atoms with Crippen LogP contribution < -0.4 is 10.2 Å². The molecule has 2 heterocycles. The fourth-order valence-corrected chi connectivity index (χ4v) is 3.85. The Morgan fingerprint density at radius 3 is 2.44 bits per heavy atom. The number of nitrogens with one attached hydrogen (secondary N) is 1. The lowest BCUT2D eigenvalue weighted by Gasteiger charge is -2.16. The van der Waals surface area contributed by atoms with E-state index in [-0.39, 0.29) is 16.7 Å². The first kappa shape index (κ1) is 18.7. The predicted octanol–water partition coefficient (Wildman–Crippen LogP) is 3.10. The Bertz CT molecular complexity index is 961. The minimum atomic E-state index is -1.49. The van der Waals surface area contributed by atoms with Gasteiger partial charge in [0.05, 0.1) is 22.1 Å². The molecule has 1 unspecified atom stereocenters. The zero-order valence-electron chi connectivity index (χ0n) is 15.1. The lowest BCUT2D eigenvalue weighted by Crippen LogP contribution is -2.17. The van der Waals surface area contributed by atoms with Crippen LogP contribution in [0.2, 0.25) is 0 Å².